The molecule has 25 nitrogen and oxygen atoms in total. The van der Waals surface area contributed by atoms with Gasteiger partial charge < -0.3 is 39.6 Å². The van der Waals surface area contributed by atoms with Gasteiger partial charge in [-0.15, -0.1) is 10.2 Å². The number of ether oxygens (including phenoxy) is 1. The van der Waals surface area contributed by atoms with E-state index in [1.807, 2.05) is 0 Å². The van der Waals surface area contributed by atoms with E-state index in [9.17, 15) is 57.4 Å². The standard InChI is InChI=1S/C30H27ClN8O17S5.HI.In.4Na.2H/c1-15(40)32-21-13-23(34-30-36-28(31)35-29(37-30)33-17-3-5-19(6-4-17)58(42,43)8-7-54-61(50,51)52)25(53-2)14-22(21)38-39-24-12-20-16(10-27(24)60(47,48)49)9-18(57-56-55-41)11-26(20)59(44,45)46;;;;;;;;/h3-6,9-14,41H,7-8H2,1-2H3,(H,32,40)(H,44,45,46)(H,47,48,49)(H,50,51,52)(H2,33,34,35,36,37);1H;;;;;;;/q;;5*+1;;/p-5. The van der Waals surface area contributed by atoms with Crippen molar-refractivity contribution in [2.75, 3.05) is 35.4 Å². The van der Waals surface area contributed by atoms with Gasteiger partial charge in [0.15, 0.2) is 9.84 Å². The molecule has 0 atom stereocenters. The Labute approximate surface area is 504 Å². The van der Waals surface area contributed by atoms with E-state index in [4.69, 9.17) is 16.3 Å². The number of halogens is 2. The predicted molar refractivity (Wildman–Crippen MR) is 227 cm³/mol. The minimum absolute atomic E-state index is 0. The first-order valence-corrected chi connectivity index (χ1v) is 39.9. The smallest absolute Gasteiger partial charge is 1.00 e. The SMILES string of the molecule is COc1cc(N=Nc2cc3c(S(=O)(=O)[O-])cc(SOO[O-])cc3cc2S(=O)(=O)[O-])c(NC(C)=O)cc1Nc1nc(Cl)nc(Nc2ccc(S(=O)(=O)CCOS(=O)(=O)[O-])cc2)n1.[InH2][I].[Na+].[Na+].[Na+].[Na+]. The van der Waals surface area contributed by atoms with Crippen molar-refractivity contribution in [1.29, 1.82) is 0 Å². The van der Waals surface area contributed by atoms with Crippen molar-refractivity contribution in [3.8, 4) is 5.75 Å². The summed E-state index contributed by atoms with van der Waals surface area (Å²) in [5, 5.41) is 28.4. The molecule has 0 spiro atoms. The molecule has 0 aliphatic carbocycles. The quantitative estimate of drug-likeness (QED) is 0.0107. The number of azo groups is 1. The maximum atomic E-state index is 12.5. The second kappa shape index (κ2) is 29.9. The van der Waals surface area contributed by atoms with Gasteiger partial charge in [-0.1, -0.05) is 0 Å². The van der Waals surface area contributed by atoms with Crippen molar-refractivity contribution in [2.24, 2.45) is 10.2 Å². The third kappa shape index (κ3) is 20.7. The first-order chi connectivity index (χ1) is 29.5. The van der Waals surface area contributed by atoms with Crippen molar-refractivity contribution >= 4 is 159 Å². The van der Waals surface area contributed by atoms with Crippen LogP contribution in [0.1, 0.15) is 6.92 Å². The fraction of sp³-hybridized carbons (Fsp3) is 0.133. The molecule has 3 N–H and O–H groups in total. The number of sulfone groups is 1. The molecule has 5 rings (SSSR count). The number of nitrogens with one attached hydrogen (secondary N) is 3. The zero-order valence-corrected chi connectivity index (χ0v) is 56.4. The summed E-state index contributed by atoms with van der Waals surface area (Å²) in [6.45, 7) is 0.248. The van der Waals surface area contributed by atoms with Gasteiger partial charge in [-0.25, -0.2) is 33.7 Å². The summed E-state index contributed by atoms with van der Waals surface area (Å²) in [5.41, 5.74) is -0.733. The molecular weight excluding hydrogens is 1270 g/mol. The number of carbonyl (C=O) groups is 1. The summed E-state index contributed by atoms with van der Waals surface area (Å²) in [7, 11) is -18.6. The van der Waals surface area contributed by atoms with Gasteiger partial charge in [0.1, 0.15) is 37.4 Å². The molecule has 0 aliphatic heterocycles. The molecule has 0 aliphatic rings. The van der Waals surface area contributed by atoms with Crippen LogP contribution in [0, 0.1) is 0 Å². The summed E-state index contributed by atoms with van der Waals surface area (Å²) in [6.07, 6.45) is 0. The topological polar surface area (TPSA) is 382 Å². The number of amides is 1. The third-order valence-electron chi connectivity index (χ3n) is 7.46. The van der Waals surface area contributed by atoms with E-state index < -0.39 is 79.6 Å². The third-order valence-corrected chi connectivity index (χ3v) is 12.1. The Kier molecular flexibility index (Phi) is 30.1. The summed E-state index contributed by atoms with van der Waals surface area (Å²) < 4.78 is 144. The van der Waals surface area contributed by atoms with Crippen LogP contribution in [0.2, 0.25) is 5.28 Å². The van der Waals surface area contributed by atoms with Gasteiger partial charge >= 0.3 is 157 Å². The van der Waals surface area contributed by atoms with E-state index in [2.05, 4.69) is 72.8 Å². The molecule has 0 bridgehead atoms. The van der Waals surface area contributed by atoms with E-state index in [1.165, 1.54) is 43.5 Å². The zero-order chi connectivity index (χ0) is 46.9. The van der Waals surface area contributed by atoms with Crippen molar-refractivity contribution < 1.29 is 194 Å². The molecule has 0 fully saturated rings. The number of methoxy groups -OCH3 is 1. The summed E-state index contributed by atoms with van der Waals surface area (Å²) >= 11 is 9.61. The Hall–Kier alpha value is 0.380. The molecule has 1 amide bonds. The summed E-state index contributed by atoms with van der Waals surface area (Å²) in [6, 6.07) is 10.9. The molecule has 0 saturated carbocycles. The summed E-state index contributed by atoms with van der Waals surface area (Å²) in [5.74, 6) is -1.84. The normalized spacial score (nSPS) is 11.4. The first kappa shape index (κ1) is 67.4. The van der Waals surface area contributed by atoms with Crippen molar-refractivity contribution in [3.63, 3.8) is 0 Å². The number of anilines is 5. The molecule has 338 valence electrons. The van der Waals surface area contributed by atoms with E-state index in [1.54, 1.807) is 0 Å². The zero-order valence-electron chi connectivity index (χ0n) is 35.7. The van der Waals surface area contributed by atoms with Gasteiger partial charge in [-0.05, 0) is 71.6 Å². The Morgan fingerprint density at radius 2 is 1.37 bits per heavy atom. The number of aromatic nitrogens is 3. The number of hydrogen-bond donors (Lipinski definition) is 3. The van der Waals surface area contributed by atoms with E-state index in [0.717, 1.165) is 51.4 Å². The average Bonchev–Trinajstić information content (AvgIpc) is 3.18. The minimum Gasteiger partial charge on any atom is 1.00 e. The Morgan fingerprint density at radius 1 is 0.791 bits per heavy atom. The Bertz CT molecular complexity index is 3040. The van der Waals surface area contributed by atoms with Crippen LogP contribution < -0.4 is 144 Å². The fourth-order valence-corrected chi connectivity index (χ4v) is 8.55. The number of fused-ring (bicyclic) bond motifs is 1. The molecule has 0 unspecified atom stereocenters. The second-order valence-corrected chi connectivity index (χ2v) is 18.6. The Morgan fingerprint density at radius 3 is 1.91 bits per heavy atom. The molecule has 4 aromatic carbocycles. The number of hydrogen-bond acceptors (Lipinski definition) is 25. The van der Waals surface area contributed by atoms with Gasteiger partial charge in [0, 0.05) is 29.0 Å². The van der Waals surface area contributed by atoms with Crippen LogP contribution in [0.3, 0.4) is 0 Å². The minimum atomic E-state index is -5.37. The molecular formula is C30H25ClIInN8Na4O17S5. The maximum Gasteiger partial charge on any atom is 1.00 e. The van der Waals surface area contributed by atoms with Gasteiger partial charge in [-0.2, -0.15) is 19.3 Å². The monoisotopic (exact) mass is 1300 g/mol. The van der Waals surface area contributed by atoms with Crippen LogP contribution in [-0.2, 0) is 58.8 Å². The van der Waals surface area contributed by atoms with Crippen LogP contribution in [-0.4, -0.2) is 108 Å². The molecule has 37 heteroatoms. The second-order valence-electron chi connectivity index (χ2n) is 11.6. The molecule has 67 heavy (non-hydrogen) atoms. The molecule has 1 aromatic heterocycles. The molecule has 0 saturated heterocycles. The Balaban J connectivity index is 0.00000716. The van der Waals surface area contributed by atoms with Crippen LogP contribution in [0.15, 0.2) is 90.5 Å². The maximum absolute atomic E-state index is 12.5. The van der Waals surface area contributed by atoms with Crippen LogP contribution >= 0.6 is 41.8 Å². The van der Waals surface area contributed by atoms with Crippen molar-refractivity contribution in [2.45, 2.75) is 26.5 Å². The number of nitrogens with zero attached hydrogens (tertiary/aromatic N) is 5. The average molecular weight is 1300 g/mol. The van der Waals surface area contributed by atoms with Crippen LogP contribution in [0.5, 0.6) is 5.75 Å². The predicted octanol–water partition coefficient (Wildman–Crippen LogP) is -9.18. The van der Waals surface area contributed by atoms with E-state index in [0.29, 0.717) is 0 Å². The first-order valence-electron chi connectivity index (χ1n) is 16.3. The van der Waals surface area contributed by atoms with E-state index in [-0.39, 0.29) is 191 Å². The number of carbonyl (C=O) groups excluding carboxylic acids is 1. The van der Waals surface area contributed by atoms with Crippen LogP contribution in [0.25, 0.3) is 10.8 Å². The molecule has 0 radical (unpaired) electrons. The molecule has 5 aromatic rings. The summed E-state index contributed by atoms with van der Waals surface area (Å²) in [4.78, 5) is 22.1. The van der Waals surface area contributed by atoms with Crippen LogP contribution in [0.4, 0.5) is 40.3 Å². The van der Waals surface area contributed by atoms with Gasteiger partial charge in [0.05, 0.1) is 57.6 Å². The number of benzene rings is 4. The largest absolute Gasteiger partial charge is 1.00 e. The van der Waals surface area contributed by atoms with Crippen molar-refractivity contribution in [3.05, 3.63) is 65.9 Å². The number of rotatable bonds is 18. The van der Waals surface area contributed by atoms with Crippen molar-refractivity contribution in [1.82, 2.24) is 15.0 Å². The molecule has 1 heterocycles. The van der Waals surface area contributed by atoms with Gasteiger partial charge in [0.25, 0.3) is 0 Å². The van der Waals surface area contributed by atoms with Gasteiger partial charge in [-0.3, -0.25) is 14.0 Å². The van der Waals surface area contributed by atoms with Gasteiger partial charge in [0.2, 0.25) is 33.5 Å². The fourth-order valence-electron chi connectivity index (χ4n) is 5.04. The van der Waals surface area contributed by atoms with E-state index >= 15 is 0 Å².